The summed E-state index contributed by atoms with van der Waals surface area (Å²) in [5.41, 5.74) is 5.73. The van der Waals surface area contributed by atoms with E-state index in [1.54, 1.807) is 0 Å². The summed E-state index contributed by atoms with van der Waals surface area (Å²) in [6, 6.07) is 14.5. The monoisotopic (exact) mass is 542 g/mol. The lowest BCUT2D eigenvalue weighted by Gasteiger charge is -2.41. The van der Waals surface area contributed by atoms with Crippen LogP contribution >= 0.6 is 0 Å². The van der Waals surface area contributed by atoms with Crippen LogP contribution < -0.4 is 21.3 Å². The smallest absolute Gasteiger partial charge is 0.251 e. The van der Waals surface area contributed by atoms with Gasteiger partial charge in [-0.1, -0.05) is 63.1 Å². The summed E-state index contributed by atoms with van der Waals surface area (Å²) in [6.45, 7) is 3.75. The third kappa shape index (κ3) is 6.28. The number of benzene rings is 2. The molecule has 1 saturated heterocycles. The Balaban J connectivity index is 1.05. The molecule has 0 aromatic heterocycles. The minimum atomic E-state index is -0.0154. The fourth-order valence-electron chi connectivity index (χ4n) is 7.38. The zero-order chi connectivity index (χ0) is 27.4. The topological polar surface area (TPSA) is 82.3 Å². The van der Waals surface area contributed by atoms with Crippen molar-refractivity contribution in [1.82, 2.24) is 16.0 Å². The lowest BCUT2D eigenvalue weighted by Crippen LogP contribution is -2.47. The third-order valence-corrected chi connectivity index (χ3v) is 9.90. The van der Waals surface area contributed by atoms with Crippen LogP contribution in [-0.4, -0.2) is 38.0 Å². The Morgan fingerprint density at radius 3 is 2.38 bits per heavy atom. The number of hydrogen-bond acceptors (Lipinski definition) is 4. The normalized spacial score (nSPS) is 26.1. The van der Waals surface area contributed by atoms with E-state index >= 15 is 0 Å². The van der Waals surface area contributed by atoms with Gasteiger partial charge in [0.2, 0.25) is 5.91 Å². The average molecular weight is 543 g/mol. The second-order valence-corrected chi connectivity index (χ2v) is 12.7. The number of hydrogen-bond donors (Lipinski definition) is 4. The summed E-state index contributed by atoms with van der Waals surface area (Å²) in [5.74, 6) is 0.849. The van der Waals surface area contributed by atoms with Crippen LogP contribution in [0.25, 0.3) is 0 Å². The highest BCUT2D eigenvalue weighted by Crippen LogP contribution is 2.48. The molecule has 2 aromatic carbocycles. The van der Waals surface area contributed by atoms with Crippen molar-refractivity contribution in [2.75, 3.05) is 31.5 Å². The minimum Gasteiger partial charge on any atom is -0.352 e. The van der Waals surface area contributed by atoms with Gasteiger partial charge in [-0.05, 0) is 98.0 Å². The van der Waals surface area contributed by atoms with Gasteiger partial charge in [0.15, 0.2) is 0 Å². The van der Waals surface area contributed by atoms with E-state index in [2.05, 4.69) is 39.5 Å². The summed E-state index contributed by atoms with van der Waals surface area (Å²) in [5, 5.41) is 13.6. The van der Waals surface area contributed by atoms with Crippen molar-refractivity contribution in [3.05, 3.63) is 64.7 Å². The van der Waals surface area contributed by atoms with E-state index in [4.69, 9.17) is 0 Å². The number of rotatable bonds is 6. The molecular weight excluding hydrogens is 496 g/mol. The first kappa shape index (κ1) is 27.5. The first-order valence-electron chi connectivity index (χ1n) is 15.9. The Morgan fingerprint density at radius 2 is 1.65 bits per heavy atom. The summed E-state index contributed by atoms with van der Waals surface area (Å²) < 4.78 is 0. The zero-order valence-corrected chi connectivity index (χ0v) is 23.9. The fraction of sp³-hybridized carbons (Fsp3) is 0.588. The number of carbonyl (C=O) groups is 2. The molecule has 214 valence electrons. The summed E-state index contributed by atoms with van der Waals surface area (Å²) in [7, 11) is 0. The van der Waals surface area contributed by atoms with Crippen LogP contribution in [0.4, 0.5) is 5.69 Å². The fourth-order valence-corrected chi connectivity index (χ4v) is 7.38. The van der Waals surface area contributed by atoms with Gasteiger partial charge in [0.1, 0.15) is 0 Å². The Morgan fingerprint density at radius 1 is 0.900 bits per heavy atom. The summed E-state index contributed by atoms with van der Waals surface area (Å²) >= 11 is 0. The largest absolute Gasteiger partial charge is 0.352 e. The number of amides is 2. The summed E-state index contributed by atoms with van der Waals surface area (Å²) in [4.78, 5) is 25.7. The molecule has 2 aromatic rings. The molecule has 6 heteroatoms. The van der Waals surface area contributed by atoms with E-state index in [0.717, 1.165) is 56.7 Å². The molecule has 1 spiro atoms. The maximum Gasteiger partial charge on any atom is 0.251 e. The van der Waals surface area contributed by atoms with Crippen molar-refractivity contribution in [3.63, 3.8) is 0 Å². The predicted octanol–water partition coefficient (Wildman–Crippen LogP) is 5.63. The zero-order valence-electron chi connectivity index (χ0n) is 23.9. The first-order chi connectivity index (χ1) is 19.6. The second-order valence-electron chi connectivity index (χ2n) is 12.7. The minimum absolute atomic E-state index is 0.00289. The third-order valence-electron chi connectivity index (χ3n) is 9.90. The van der Waals surface area contributed by atoms with Crippen molar-refractivity contribution in [2.24, 2.45) is 11.8 Å². The van der Waals surface area contributed by atoms with Crippen LogP contribution in [0.1, 0.15) is 104 Å². The molecule has 6 nitrogen and oxygen atoms in total. The van der Waals surface area contributed by atoms with Crippen LogP contribution in [0.5, 0.6) is 0 Å². The molecule has 2 saturated carbocycles. The molecule has 0 radical (unpaired) electrons. The molecule has 2 aliphatic carbocycles. The highest BCUT2D eigenvalue weighted by atomic mass is 16.2. The molecule has 4 N–H and O–H groups in total. The predicted molar refractivity (Wildman–Crippen MR) is 161 cm³/mol. The SMILES string of the molecule is O=C(NCC1CCNC1)c1ccc(C2CC2C(=O)Nc2ccc3c(c2)CCNC32CCCCCCCCC2)cc1. The summed E-state index contributed by atoms with van der Waals surface area (Å²) in [6.07, 6.45) is 14.8. The molecule has 2 amide bonds. The molecule has 4 aliphatic rings. The van der Waals surface area contributed by atoms with E-state index in [1.165, 1.54) is 68.9 Å². The van der Waals surface area contributed by atoms with Crippen LogP contribution in [-0.2, 0) is 16.8 Å². The molecule has 3 fully saturated rings. The molecular formula is C34H46N4O2. The van der Waals surface area contributed by atoms with E-state index < -0.39 is 0 Å². The van der Waals surface area contributed by atoms with Crippen LogP contribution in [0.15, 0.2) is 42.5 Å². The van der Waals surface area contributed by atoms with Crippen molar-refractivity contribution in [2.45, 2.75) is 88.5 Å². The maximum absolute atomic E-state index is 13.2. The van der Waals surface area contributed by atoms with Gasteiger partial charge in [-0.3, -0.25) is 9.59 Å². The highest BCUT2D eigenvalue weighted by molar-refractivity contribution is 5.96. The number of nitrogens with one attached hydrogen (secondary N) is 4. The van der Waals surface area contributed by atoms with E-state index in [1.807, 2.05) is 24.3 Å². The lowest BCUT2D eigenvalue weighted by molar-refractivity contribution is -0.117. The van der Waals surface area contributed by atoms with Crippen molar-refractivity contribution in [3.8, 4) is 0 Å². The quantitative estimate of drug-likeness (QED) is 0.381. The average Bonchev–Trinajstić information content (AvgIpc) is 3.62. The standard InChI is InChI=1S/C34H46N4O2/c39-32(36-23-24-14-18-35-22-24)26-10-8-25(9-11-26)29-21-30(29)33(40)38-28-12-13-31-27(20-28)15-19-37-34(31)16-6-4-2-1-3-5-7-17-34/h8-13,20,24,29-30,35,37H,1-7,14-19,21-23H2,(H,36,39)(H,38,40). The highest BCUT2D eigenvalue weighted by Gasteiger charge is 2.44. The van der Waals surface area contributed by atoms with E-state index in [0.29, 0.717) is 11.5 Å². The Bertz CT molecular complexity index is 1180. The van der Waals surface area contributed by atoms with E-state index in [9.17, 15) is 9.59 Å². The second kappa shape index (κ2) is 12.4. The van der Waals surface area contributed by atoms with Gasteiger partial charge in [0.25, 0.3) is 5.91 Å². The van der Waals surface area contributed by atoms with Gasteiger partial charge >= 0.3 is 0 Å². The van der Waals surface area contributed by atoms with Crippen molar-refractivity contribution >= 4 is 17.5 Å². The Hall–Kier alpha value is -2.70. The van der Waals surface area contributed by atoms with Crippen molar-refractivity contribution in [1.29, 1.82) is 0 Å². The van der Waals surface area contributed by atoms with Gasteiger partial charge < -0.3 is 21.3 Å². The van der Waals surface area contributed by atoms with Gasteiger partial charge in [0, 0.05) is 35.8 Å². The molecule has 2 aliphatic heterocycles. The van der Waals surface area contributed by atoms with Crippen LogP contribution in [0.3, 0.4) is 0 Å². The van der Waals surface area contributed by atoms with Gasteiger partial charge in [-0.25, -0.2) is 0 Å². The molecule has 40 heavy (non-hydrogen) atoms. The molecule has 3 unspecified atom stereocenters. The number of carbonyl (C=O) groups excluding carboxylic acids is 2. The molecule has 0 bridgehead atoms. The van der Waals surface area contributed by atoms with E-state index in [-0.39, 0.29) is 29.2 Å². The van der Waals surface area contributed by atoms with Gasteiger partial charge in [-0.2, -0.15) is 0 Å². The van der Waals surface area contributed by atoms with Gasteiger partial charge in [-0.15, -0.1) is 0 Å². The molecule has 6 rings (SSSR count). The molecule has 2 heterocycles. The lowest BCUT2D eigenvalue weighted by atomic mass is 9.75. The van der Waals surface area contributed by atoms with Crippen LogP contribution in [0.2, 0.25) is 0 Å². The Kier molecular flexibility index (Phi) is 8.54. The van der Waals surface area contributed by atoms with Gasteiger partial charge in [0.05, 0.1) is 0 Å². The Labute approximate surface area is 239 Å². The number of fused-ring (bicyclic) bond motifs is 2. The van der Waals surface area contributed by atoms with Crippen molar-refractivity contribution < 1.29 is 9.59 Å². The first-order valence-corrected chi connectivity index (χ1v) is 15.9. The maximum atomic E-state index is 13.2. The number of anilines is 1. The molecule has 3 atom stereocenters. The van der Waals surface area contributed by atoms with Crippen LogP contribution in [0, 0.1) is 11.8 Å².